The van der Waals surface area contributed by atoms with E-state index in [1.54, 1.807) is 0 Å². The van der Waals surface area contributed by atoms with Crippen LogP contribution in [0.15, 0.2) is 36.7 Å². The van der Waals surface area contributed by atoms with Crippen molar-refractivity contribution in [2.75, 3.05) is 5.32 Å². The van der Waals surface area contributed by atoms with Gasteiger partial charge in [-0.2, -0.15) is 0 Å². The number of nitrogens with one attached hydrogen (secondary N) is 1. The lowest BCUT2D eigenvalue weighted by Gasteiger charge is -2.08. The number of rotatable bonds is 10. The molecule has 23 heavy (non-hydrogen) atoms. The highest BCUT2D eigenvalue weighted by Gasteiger charge is 2.00. The van der Waals surface area contributed by atoms with Crippen LogP contribution in [0.4, 0.5) is 11.4 Å². The van der Waals surface area contributed by atoms with Crippen molar-refractivity contribution < 1.29 is 0 Å². The molecule has 2 aromatic rings. The number of benzene rings is 1. The van der Waals surface area contributed by atoms with Gasteiger partial charge in [0.15, 0.2) is 0 Å². The molecule has 0 aliphatic carbocycles. The third kappa shape index (κ3) is 6.39. The summed E-state index contributed by atoms with van der Waals surface area (Å²) in [6, 6.07) is 8.65. The smallest absolute Gasteiger partial charge is 0.128 e. The minimum absolute atomic E-state index is 0.946. The van der Waals surface area contributed by atoms with Crippen molar-refractivity contribution in [3.63, 3.8) is 0 Å². The topological polar surface area (TPSA) is 37.8 Å². The molecular weight excluding hydrogens is 282 g/mol. The Hall–Kier alpha value is -1.90. The number of aromatic nitrogens is 2. The van der Waals surface area contributed by atoms with Crippen molar-refractivity contribution in [2.45, 2.75) is 65.2 Å². The summed E-state index contributed by atoms with van der Waals surface area (Å²) in [5.74, 6) is 0.946. The van der Waals surface area contributed by atoms with Crippen molar-refractivity contribution in [3.8, 4) is 0 Å². The highest BCUT2D eigenvalue weighted by Crippen LogP contribution is 2.17. The van der Waals surface area contributed by atoms with Crippen molar-refractivity contribution in [1.82, 2.24) is 9.97 Å². The molecule has 1 heterocycles. The van der Waals surface area contributed by atoms with E-state index in [0.29, 0.717) is 0 Å². The molecule has 1 aromatic carbocycles. The summed E-state index contributed by atoms with van der Waals surface area (Å²) in [7, 11) is 0. The number of nitrogens with zero attached hydrogens (tertiary/aromatic N) is 2. The van der Waals surface area contributed by atoms with E-state index < -0.39 is 0 Å². The van der Waals surface area contributed by atoms with Gasteiger partial charge in [-0.05, 0) is 37.0 Å². The molecule has 0 atom stereocenters. The molecule has 0 radical (unpaired) electrons. The van der Waals surface area contributed by atoms with Crippen LogP contribution in [0.5, 0.6) is 0 Å². The van der Waals surface area contributed by atoms with E-state index in [4.69, 9.17) is 0 Å². The summed E-state index contributed by atoms with van der Waals surface area (Å²) < 4.78 is 0. The fraction of sp³-hybridized carbons (Fsp3) is 0.500. The van der Waals surface area contributed by atoms with Gasteiger partial charge in [0.2, 0.25) is 0 Å². The van der Waals surface area contributed by atoms with E-state index in [1.807, 2.05) is 12.4 Å². The first-order chi connectivity index (χ1) is 11.3. The Kier molecular flexibility index (Phi) is 7.58. The number of hydrogen-bond donors (Lipinski definition) is 1. The number of hydrogen-bond acceptors (Lipinski definition) is 3. The lowest BCUT2D eigenvalue weighted by molar-refractivity contribution is 0.652. The van der Waals surface area contributed by atoms with E-state index in [0.717, 1.165) is 30.0 Å². The maximum atomic E-state index is 4.46. The Morgan fingerprint density at radius 3 is 2.09 bits per heavy atom. The van der Waals surface area contributed by atoms with Crippen molar-refractivity contribution in [3.05, 3.63) is 48.0 Å². The Labute approximate surface area is 140 Å². The minimum atomic E-state index is 0.946. The number of unbranched alkanes of at least 4 members (excludes halogenated alkanes) is 4. The van der Waals surface area contributed by atoms with Gasteiger partial charge in [-0.1, -0.05) is 51.7 Å². The van der Waals surface area contributed by atoms with E-state index in [1.165, 1.54) is 44.1 Å². The van der Waals surface area contributed by atoms with Crippen LogP contribution in [-0.2, 0) is 12.8 Å². The zero-order valence-electron chi connectivity index (χ0n) is 14.5. The number of anilines is 2. The second-order valence-electron chi connectivity index (χ2n) is 6.12. The largest absolute Gasteiger partial charge is 0.353 e. The molecule has 124 valence electrons. The Morgan fingerprint density at radius 1 is 0.739 bits per heavy atom. The average Bonchev–Trinajstić information content (AvgIpc) is 2.59. The molecule has 0 saturated carbocycles. The lowest BCUT2D eigenvalue weighted by Crippen LogP contribution is -1.98. The van der Waals surface area contributed by atoms with Gasteiger partial charge in [0, 0.05) is 12.1 Å². The zero-order chi connectivity index (χ0) is 16.3. The Morgan fingerprint density at radius 2 is 1.43 bits per heavy atom. The normalized spacial score (nSPS) is 10.7. The minimum Gasteiger partial charge on any atom is -0.353 e. The molecule has 0 amide bonds. The standard InChI is InChI=1S/C20H29N3/c1-3-5-7-8-10-20-21-15-19(16-22-20)23-18-13-11-17(12-14-18)9-6-4-2/h11-16,23H,3-10H2,1-2H3. The molecule has 0 saturated heterocycles. The molecule has 0 aliphatic heterocycles. The Bertz CT molecular complexity index is 546. The van der Waals surface area contributed by atoms with Crippen LogP contribution in [0.25, 0.3) is 0 Å². The number of aryl methyl sites for hydroxylation is 2. The second-order valence-corrected chi connectivity index (χ2v) is 6.12. The highest BCUT2D eigenvalue weighted by molar-refractivity contribution is 5.58. The molecular formula is C20H29N3. The Balaban J connectivity index is 1.83. The fourth-order valence-electron chi connectivity index (χ4n) is 2.56. The van der Waals surface area contributed by atoms with Crippen LogP contribution in [0.3, 0.4) is 0 Å². The fourth-order valence-corrected chi connectivity index (χ4v) is 2.56. The van der Waals surface area contributed by atoms with Crippen molar-refractivity contribution in [2.24, 2.45) is 0 Å². The molecule has 0 bridgehead atoms. The molecule has 0 fully saturated rings. The maximum absolute atomic E-state index is 4.46. The summed E-state index contributed by atoms with van der Waals surface area (Å²) in [6.45, 7) is 4.46. The van der Waals surface area contributed by atoms with Gasteiger partial charge in [-0.15, -0.1) is 0 Å². The monoisotopic (exact) mass is 311 g/mol. The van der Waals surface area contributed by atoms with Gasteiger partial charge in [0.05, 0.1) is 18.1 Å². The van der Waals surface area contributed by atoms with Gasteiger partial charge in [0.1, 0.15) is 5.82 Å². The molecule has 0 unspecified atom stereocenters. The SMILES string of the molecule is CCCCCCc1ncc(Nc2ccc(CCCC)cc2)cn1. The van der Waals surface area contributed by atoms with Crippen LogP contribution in [0.2, 0.25) is 0 Å². The summed E-state index contributed by atoms with van der Waals surface area (Å²) in [6.07, 6.45) is 13.4. The summed E-state index contributed by atoms with van der Waals surface area (Å²) >= 11 is 0. The molecule has 0 spiro atoms. The van der Waals surface area contributed by atoms with Gasteiger partial charge < -0.3 is 5.32 Å². The average molecular weight is 311 g/mol. The van der Waals surface area contributed by atoms with Crippen LogP contribution >= 0.6 is 0 Å². The lowest BCUT2D eigenvalue weighted by atomic mass is 10.1. The van der Waals surface area contributed by atoms with E-state index >= 15 is 0 Å². The predicted molar refractivity (Wildman–Crippen MR) is 98.2 cm³/mol. The van der Waals surface area contributed by atoms with Gasteiger partial charge in [-0.3, -0.25) is 0 Å². The molecule has 2 rings (SSSR count). The van der Waals surface area contributed by atoms with Crippen molar-refractivity contribution in [1.29, 1.82) is 0 Å². The first-order valence-electron chi connectivity index (χ1n) is 8.98. The molecule has 3 heteroatoms. The highest BCUT2D eigenvalue weighted by atomic mass is 14.9. The van der Waals surface area contributed by atoms with E-state index in [2.05, 4.69) is 53.4 Å². The molecule has 3 nitrogen and oxygen atoms in total. The molecule has 1 N–H and O–H groups in total. The quantitative estimate of drug-likeness (QED) is 0.573. The van der Waals surface area contributed by atoms with E-state index in [-0.39, 0.29) is 0 Å². The van der Waals surface area contributed by atoms with Crippen LogP contribution in [0.1, 0.15) is 63.8 Å². The summed E-state index contributed by atoms with van der Waals surface area (Å²) in [5.41, 5.74) is 3.43. The first kappa shape index (κ1) is 17.5. The van der Waals surface area contributed by atoms with Gasteiger partial charge >= 0.3 is 0 Å². The zero-order valence-corrected chi connectivity index (χ0v) is 14.5. The van der Waals surface area contributed by atoms with Gasteiger partial charge in [-0.25, -0.2) is 9.97 Å². The third-order valence-electron chi connectivity index (χ3n) is 4.02. The summed E-state index contributed by atoms with van der Waals surface area (Å²) in [5, 5.41) is 3.37. The summed E-state index contributed by atoms with van der Waals surface area (Å²) in [4.78, 5) is 8.91. The molecule has 1 aromatic heterocycles. The maximum Gasteiger partial charge on any atom is 0.128 e. The second kappa shape index (κ2) is 9.98. The van der Waals surface area contributed by atoms with Crippen molar-refractivity contribution >= 4 is 11.4 Å². The van der Waals surface area contributed by atoms with Crippen LogP contribution in [-0.4, -0.2) is 9.97 Å². The van der Waals surface area contributed by atoms with Crippen LogP contribution < -0.4 is 5.32 Å². The van der Waals surface area contributed by atoms with Gasteiger partial charge in [0.25, 0.3) is 0 Å². The third-order valence-corrected chi connectivity index (χ3v) is 4.02. The predicted octanol–water partition coefficient (Wildman–Crippen LogP) is 5.69. The van der Waals surface area contributed by atoms with Crippen LogP contribution in [0, 0.1) is 0 Å². The molecule has 0 aliphatic rings. The van der Waals surface area contributed by atoms with E-state index in [9.17, 15) is 0 Å². The first-order valence-corrected chi connectivity index (χ1v) is 8.98.